The van der Waals surface area contributed by atoms with Crippen molar-refractivity contribution in [2.75, 3.05) is 39.7 Å². The van der Waals surface area contributed by atoms with Gasteiger partial charge < -0.3 is 19.3 Å². The van der Waals surface area contributed by atoms with Gasteiger partial charge in [-0.05, 0) is 61.9 Å². The van der Waals surface area contributed by atoms with Crippen LogP contribution >= 0.6 is 22.9 Å². The van der Waals surface area contributed by atoms with Gasteiger partial charge in [-0.15, -0.1) is 29.5 Å². The van der Waals surface area contributed by atoms with Crippen LogP contribution in [0.25, 0.3) is 0 Å². The zero-order valence-corrected chi connectivity index (χ0v) is 22.3. The van der Waals surface area contributed by atoms with Crippen LogP contribution in [-0.4, -0.2) is 61.3 Å². The summed E-state index contributed by atoms with van der Waals surface area (Å²) in [6, 6.07) is 7.81. The van der Waals surface area contributed by atoms with Crippen LogP contribution in [-0.2, 0) is 22.6 Å². The molecule has 1 heterocycles. The molecule has 34 heavy (non-hydrogen) atoms. The van der Waals surface area contributed by atoms with E-state index in [0.717, 1.165) is 16.0 Å². The molecule has 0 unspecified atom stereocenters. The number of carbonyl (C=O) groups excluding carboxylic acids is 2. The Morgan fingerprint density at radius 1 is 1.15 bits per heavy atom. The number of nitrogens with zero attached hydrogens (tertiary/aromatic N) is 2. The average Bonchev–Trinajstić information content (AvgIpc) is 3.24. The molecule has 0 bridgehead atoms. The molecule has 8 heteroatoms. The molecule has 0 spiro atoms. The number of halogens is 1. The second-order valence-corrected chi connectivity index (χ2v) is 10.0. The van der Waals surface area contributed by atoms with Gasteiger partial charge in [-0.25, -0.2) is 0 Å². The molecule has 1 aromatic carbocycles. The average molecular weight is 507 g/mol. The Bertz CT molecular complexity index is 989. The van der Waals surface area contributed by atoms with Gasteiger partial charge in [-0.3, -0.25) is 9.59 Å². The molecule has 0 aliphatic carbocycles. The lowest BCUT2D eigenvalue weighted by molar-refractivity contribution is -0.145. The molecule has 186 valence electrons. The summed E-state index contributed by atoms with van der Waals surface area (Å²) in [5.41, 5.74) is 1.41. The smallest absolute Gasteiger partial charge is 0.242 e. The zero-order valence-electron chi connectivity index (χ0n) is 20.7. The van der Waals surface area contributed by atoms with Crippen LogP contribution in [0.2, 0.25) is 0 Å². The Morgan fingerprint density at radius 3 is 2.41 bits per heavy atom. The highest BCUT2D eigenvalue weighted by atomic mass is 35.5. The Hall–Kier alpha value is -2.51. The number of thiophene rings is 1. The van der Waals surface area contributed by atoms with Crippen LogP contribution in [0.3, 0.4) is 0 Å². The van der Waals surface area contributed by atoms with Crippen molar-refractivity contribution in [3.05, 3.63) is 58.3 Å². The van der Waals surface area contributed by atoms with E-state index in [9.17, 15) is 9.59 Å². The minimum atomic E-state index is -0.764. The Labute approximate surface area is 212 Å². The zero-order chi connectivity index (χ0) is 25.3. The highest BCUT2D eigenvalue weighted by molar-refractivity contribution is 7.10. The van der Waals surface area contributed by atoms with Gasteiger partial charge in [-0.2, -0.15) is 0 Å². The number of methoxy groups -OCH3 is 2. The molecule has 0 aliphatic rings. The molecular formula is C26H35ClN2O4S. The maximum atomic E-state index is 13.5. The van der Waals surface area contributed by atoms with Crippen molar-refractivity contribution in [1.29, 1.82) is 0 Å². The largest absolute Gasteiger partial charge is 0.493 e. The van der Waals surface area contributed by atoms with Crippen molar-refractivity contribution in [3.8, 4) is 11.5 Å². The van der Waals surface area contributed by atoms with Crippen molar-refractivity contribution in [3.63, 3.8) is 0 Å². The third kappa shape index (κ3) is 7.24. The Balaban J connectivity index is 2.23. The van der Waals surface area contributed by atoms with E-state index in [2.05, 4.69) is 6.58 Å². The number of aryl methyl sites for hydroxylation is 1. The van der Waals surface area contributed by atoms with Crippen LogP contribution in [0.5, 0.6) is 11.5 Å². The quantitative estimate of drug-likeness (QED) is 0.285. The molecular weight excluding hydrogens is 472 g/mol. The third-order valence-electron chi connectivity index (χ3n) is 5.65. The van der Waals surface area contributed by atoms with Gasteiger partial charge in [0.2, 0.25) is 11.8 Å². The fraction of sp³-hybridized carbons (Fsp3) is 0.462. The van der Waals surface area contributed by atoms with Gasteiger partial charge in [0.15, 0.2) is 11.5 Å². The number of benzene rings is 1. The fourth-order valence-corrected chi connectivity index (χ4v) is 4.49. The first-order valence-corrected chi connectivity index (χ1v) is 12.6. The van der Waals surface area contributed by atoms with E-state index in [1.807, 2.05) is 41.5 Å². The van der Waals surface area contributed by atoms with E-state index in [4.69, 9.17) is 21.1 Å². The minimum Gasteiger partial charge on any atom is -0.493 e. The molecule has 0 aliphatic heterocycles. The van der Waals surface area contributed by atoms with Crippen LogP contribution in [0.15, 0.2) is 42.3 Å². The molecule has 1 aromatic heterocycles. The summed E-state index contributed by atoms with van der Waals surface area (Å²) in [5, 5.41) is 2.03. The summed E-state index contributed by atoms with van der Waals surface area (Å²) in [7, 11) is 3.20. The number of alkyl halides is 1. The maximum Gasteiger partial charge on any atom is 0.242 e. The highest BCUT2D eigenvalue weighted by Gasteiger charge is 2.32. The number of hydrogen-bond donors (Lipinski definition) is 0. The lowest BCUT2D eigenvalue weighted by atomic mass is 9.94. The second kappa shape index (κ2) is 12.8. The minimum absolute atomic E-state index is 0.0263. The molecule has 6 nitrogen and oxygen atoms in total. The number of hydrogen-bond acceptors (Lipinski definition) is 5. The van der Waals surface area contributed by atoms with Gasteiger partial charge in [0.05, 0.1) is 26.2 Å². The topological polar surface area (TPSA) is 59.1 Å². The van der Waals surface area contributed by atoms with E-state index in [1.54, 1.807) is 45.5 Å². The molecule has 0 N–H and O–H groups in total. The predicted molar refractivity (Wildman–Crippen MR) is 139 cm³/mol. The first-order chi connectivity index (χ1) is 16.2. The van der Waals surface area contributed by atoms with Crippen LogP contribution in [0.1, 0.15) is 29.9 Å². The summed E-state index contributed by atoms with van der Waals surface area (Å²) >= 11 is 7.65. The summed E-state index contributed by atoms with van der Waals surface area (Å²) < 4.78 is 10.7. The van der Waals surface area contributed by atoms with E-state index >= 15 is 0 Å². The Morgan fingerprint density at radius 2 is 1.85 bits per heavy atom. The summed E-state index contributed by atoms with van der Waals surface area (Å²) in [6.07, 6.45) is 2.27. The van der Waals surface area contributed by atoms with Crippen molar-refractivity contribution in [2.24, 2.45) is 5.41 Å². The molecule has 0 fully saturated rings. The predicted octanol–water partition coefficient (Wildman–Crippen LogP) is 4.92. The number of amides is 2. The molecule has 2 aromatic rings. The van der Waals surface area contributed by atoms with Gasteiger partial charge in [0, 0.05) is 23.8 Å². The monoisotopic (exact) mass is 506 g/mol. The normalized spacial score (nSPS) is 11.1. The van der Waals surface area contributed by atoms with Crippen LogP contribution in [0, 0.1) is 12.3 Å². The summed E-state index contributed by atoms with van der Waals surface area (Å²) in [4.78, 5) is 31.0. The van der Waals surface area contributed by atoms with Crippen molar-refractivity contribution in [1.82, 2.24) is 9.80 Å². The standard InChI is InChI=1S/C26H35ClN2O4S/c1-7-12-29(25(31)26(3,4)18-27)17-24(30)28(16-23-19(2)11-14-34-23)13-10-20-8-9-21(32-5)22(15-20)33-6/h7-9,11,14-15H,1,10,12-13,16-18H2,2-6H3. The molecule has 0 atom stereocenters. The second-order valence-electron chi connectivity index (χ2n) is 8.77. The van der Waals surface area contributed by atoms with Crippen molar-refractivity contribution < 1.29 is 19.1 Å². The van der Waals surface area contributed by atoms with Gasteiger partial charge in [0.1, 0.15) is 6.54 Å². The van der Waals surface area contributed by atoms with Gasteiger partial charge in [-0.1, -0.05) is 12.1 Å². The van der Waals surface area contributed by atoms with E-state index in [0.29, 0.717) is 31.0 Å². The molecule has 2 rings (SSSR count). The van der Waals surface area contributed by atoms with Crippen LogP contribution in [0.4, 0.5) is 0 Å². The molecule has 2 amide bonds. The molecule has 0 radical (unpaired) electrons. The molecule has 0 saturated heterocycles. The van der Waals surface area contributed by atoms with E-state index < -0.39 is 5.41 Å². The van der Waals surface area contributed by atoms with Crippen molar-refractivity contribution in [2.45, 2.75) is 33.7 Å². The highest BCUT2D eigenvalue weighted by Crippen LogP contribution is 2.28. The summed E-state index contributed by atoms with van der Waals surface area (Å²) in [6.45, 7) is 10.6. The molecule has 0 saturated carbocycles. The summed E-state index contributed by atoms with van der Waals surface area (Å²) in [5.74, 6) is 1.20. The lowest BCUT2D eigenvalue weighted by Gasteiger charge is -2.32. The first-order valence-electron chi connectivity index (χ1n) is 11.1. The van der Waals surface area contributed by atoms with Gasteiger partial charge >= 0.3 is 0 Å². The Kier molecular flexibility index (Phi) is 10.5. The van der Waals surface area contributed by atoms with Crippen LogP contribution < -0.4 is 9.47 Å². The van der Waals surface area contributed by atoms with E-state index in [1.165, 1.54) is 4.90 Å². The van der Waals surface area contributed by atoms with Gasteiger partial charge in [0.25, 0.3) is 0 Å². The van der Waals surface area contributed by atoms with Crippen molar-refractivity contribution >= 4 is 34.8 Å². The fourth-order valence-electron chi connectivity index (χ4n) is 3.46. The SMILES string of the molecule is C=CCN(CC(=O)N(CCc1ccc(OC)c(OC)c1)Cc1sccc1C)C(=O)C(C)(C)CCl. The first kappa shape index (κ1) is 27.7. The number of rotatable bonds is 13. The third-order valence-corrected chi connectivity index (χ3v) is 7.33. The van der Waals surface area contributed by atoms with E-state index in [-0.39, 0.29) is 30.8 Å². The number of carbonyl (C=O) groups is 2. The maximum absolute atomic E-state index is 13.5. The lowest BCUT2D eigenvalue weighted by Crippen LogP contribution is -2.48. The number of ether oxygens (including phenoxy) is 2.